The van der Waals surface area contributed by atoms with Crippen molar-refractivity contribution >= 4 is 17.0 Å². The Kier molecular flexibility index (Phi) is 5.11. The van der Waals surface area contributed by atoms with Gasteiger partial charge in [0.15, 0.2) is 5.58 Å². The Labute approximate surface area is 151 Å². The molecule has 1 heterocycles. The number of hydrogen-bond acceptors (Lipinski definition) is 4. The largest absolute Gasteiger partial charge is 0.497 e. The second-order valence-corrected chi connectivity index (χ2v) is 6.48. The maximum atomic E-state index is 12.6. The van der Waals surface area contributed by atoms with Crippen molar-refractivity contribution in [3.63, 3.8) is 0 Å². The molecule has 0 bridgehead atoms. The molecule has 3 aromatic rings. The van der Waals surface area contributed by atoms with E-state index in [1.165, 1.54) is 4.57 Å². The van der Waals surface area contributed by atoms with E-state index in [2.05, 4.69) is 5.32 Å². The van der Waals surface area contributed by atoms with Crippen LogP contribution in [0.1, 0.15) is 25.5 Å². The van der Waals surface area contributed by atoms with E-state index in [-0.39, 0.29) is 24.4 Å². The molecule has 1 unspecified atom stereocenters. The SMILES string of the molecule is COc1ccc(C(NC(=O)Cn2c(=O)oc3ccccc32)C(C)C)cc1. The van der Waals surface area contributed by atoms with Crippen molar-refractivity contribution in [3.05, 3.63) is 64.6 Å². The first kappa shape index (κ1) is 17.8. The van der Waals surface area contributed by atoms with Gasteiger partial charge in [-0.3, -0.25) is 9.36 Å². The number of fused-ring (bicyclic) bond motifs is 1. The van der Waals surface area contributed by atoms with Crippen LogP contribution in [0.4, 0.5) is 0 Å². The van der Waals surface area contributed by atoms with Crippen molar-refractivity contribution in [1.29, 1.82) is 0 Å². The Bertz CT molecular complexity index is 954. The van der Waals surface area contributed by atoms with Crippen LogP contribution in [0.15, 0.2) is 57.7 Å². The van der Waals surface area contributed by atoms with E-state index in [4.69, 9.17) is 9.15 Å². The highest BCUT2D eigenvalue weighted by molar-refractivity contribution is 5.79. The first-order valence-corrected chi connectivity index (χ1v) is 8.51. The van der Waals surface area contributed by atoms with Crippen LogP contribution >= 0.6 is 0 Å². The molecule has 0 fully saturated rings. The molecule has 1 amide bonds. The molecular weight excluding hydrogens is 332 g/mol. The highest BCUT2D eigenvalue weighted by Crippen LogP contribution is 2.24. The summed E-state index contributed by atoms with van der Waals surface area (Å²) in [7, 11) is 1.61. The number of nitrogens with one attached hydrogen (secondary N) is 1. The van der Waals surface area contributed by atoms with Crippen LogP contribution in [0, 0.1) is 5.92 Å². The fraction of sp³-hybridized carbons (Fsp3) is 0.300. The van der Waals surface area contributed by atoms with Gasteiger partial charge in [0.2, 0.25) is 5.91 Å². The summed E-state index contributed by atoms with van der Waals surface area (Å²) in [6, 6.07) is 14.5. The second kappa shape index (κ2) is 7.47. The number of oxazole rings is 1. The van der Waals surface area contributed by atoms with Gasteiger partial charge in [0.1, 0.15) is 12.3 Å². The average Bonchev–Trinajstić information content (AvgIpc) is 2.95. The van der Waals surface area contributed by atoms with E-state index in [0.717, 1.165) is 11.3 Å². The Hall–Kier alpha value is -3.02. The van der Waals surface area contributed by atoms with Gasteiger partial charge >= 0.3 is 5.76 Å². The molecule has 136 valence electrons. The number of amides is 1. The fourth-order valence-corrected chi connectivity index (χ4v) is 2.97. The maximum Gasteiger partial charge on any atom is 0.420 e. The predicted molar refractivity (Wildman–Crippen MR) is 99.2 cm³/mol. The van der Waals surface area contributed by atoms with Gasteiger partial charge < -0.3 is 14.5 Å². The van der Waals surface area contributed by atoms with Gasteiger partial charge in [-0.2, -0.15) is 0 Å². The predicted octanol–water partition coefficient (Wildman–Crippen LogP) is 3.12. The fourth-order valence-electron chi connectivity index (χ4n) is 2.97. The van der Waals surface area contributed by atoms with Crippen LogP contribution in [0.2, 0.25) is 0 Å². The van der Waals surface area contributed by atoms with Crippen LogP contribution in [0.25, 0.3) is 11.1 Å². The van der Waals surface area contributed by atoms with Crippen LogP contribution < -0.4 is 15.8 Å². The highest BCUT2D eigenvalue weighted by Gasteiger charge is 2.20. The smallest absolute Gasteiger partial charge is 0.420 e. The zero-order valence-corrected chi connectivity index (χ0v) is 15.1. The van der Waals surface area contributed by atoms with Gasteiger partial charge in [-0.05, 0) is 35.7 Å². The van der Waals surface area contributed by atoms with Crippen molar-refractivity contribution in [1.82, 2.24) is 9.88 Å². The number of ether oxygens (including phenoxy) is 1. The number of para-hydroxylation sites is 2. The maximum absolute atomic E-state index is 12.6. The van der Waals surface area contributed by atoms with Crippen molar-refractivity contribution in [2.24, 2.45) is 5.92 Å². The Morgan fingerprint density at radius 2 is 1.85 bits per heavy atom. The molecule has 6 nitrogen and oxygen atoms in total. The van der Waals surface area contributed by atoms with Gasteiger partial charge in [-0.15, -0.1) is 0 Å². The van der Waals surface area contributed by atoms with Crippen molar-refractivity contribution < 1.29 is 13.9 Å². The molecule has 6 heteroatoms. The summed E-state index contributed by atoms with van der Waals surface area (Å²) in [5.74, 6) is 0.171. The Balaban J connectivity index is 1.79. The summed E-state index contributed by atoms with van der Waals surface area (Å²) >= 11 is 0. The molecule has 2 aromatic carbocycles. The van der Waals surface area contributed by atoms with E-state index in [9.17, 15) is 9.59 Å². The number of benzene rings is 2. The Morgan fingerprint density at radius 1 is 1.15 bits per heavy atom. The first-order chi connectivity index (χ1) is 12.5. The van der Waals surface area contributed by atoms with Crippen molar-refractivity contribution in [2.75, 3.05) is 7.11 Å². The first-order valence-electron chi connectivity index (χ1n) is 8.51. The molecule has 0 radical (unpaired) electrons. The quantitative estimate of drug-likeness (QED) is 0.738. The lowest BCUT2D eigenvalue weighted by molar-refractivity contribution is -0.122. The molecule has 26 heavy (non-hydrogen) atoms. The van der Waals surface area contributed by atoms with E-state index in [0.29, 0.717) is 11.1 Å². The number of aromatic nitrogens is 1. The van der Waals surface area contributed by atoms with Gasteiger partial charge in [0, 0.05) is 0 Å². The number of carbonyl (C=O) groups excluding carboxylic acids is 1. The van der Waals surface area contributed by atoms with Gasteiger partial charge in [-0.25, -0.2) is 4.79 Å². The summed E-state index contributed by atoms with van der Waals surface area (Å²) in [6.45, 7) is 3.98. The highest BCUT2D eigenvalue weighted by atomic mass is 16.5. The van der Waals surface area contributed by atoms with Crippen LogP contribution in [-0.4, -0.2) is 17.6 Å². The minimum Gasteiger partial charge on any atom is -0.497 e. The summed E-state index contributed by atoms with van der Waals surface area (Å²) < 4.78 is 11.7. The lowest BCUT2D eigenvalue weighted by Gasteiger charge is -2.23. The molecule has 3 rings (SSSR count). The standard InChI is InChI=1S/C20H22N2O4/c1-13(2)19(14-8-10-15(25-3)11-9-14)21-18(23)12-22-16-6-4-5-7-17(16)26-20(22)24/h4-11,13,19H,12H2,1-3H3,(H,21,23). The average molecular weight is 354 g/mol. The summed E-state index contributed by atoms with van der Waals surface area (Å²) in [5, 5.41) is 3.02. The lowest BCUT2D eigenvalue weighted by atomic mass is 9.96. The second-order valence-electron chi connectivity index (χ2n) is 6.48. The summed E-state index contributed by atoms with van der Waals surface area (Å²) in [4.78, 5) is 24.6. The molecule has 1 N–H and O–H groups in total. The van der Waals surface area contributed by atoms with Crippen LogP contribution in [0.5, 0.6) is 5.75 Å². The van der Waals surface area contributed by atoms with Gasteiger partial charge in [0.05, 0.1) is 18.7 Å². The molecule has 0 aliphatic rings. The third kappa shape index (κ3) is 3.64. The number of carbonyl (C=O) groups is 1. The lowest BCUT2D eigenvalue weighted by Crippen LogP contribution is -2.35. The molecular formula is C20H22N2O4. The van der Waals surface area contributed by atoms with E-state index in [1.54, 1.807) is 31.4 Å². The van der Waals surface area contributed by atoms with E-state index >= 15 is 0 Å². The van der Waals surface area contributed by atoms with Crippen molar-refractivity contribution in [2.45, 2.75) is 26.4 Å². The molecule has 1 atom stereocenters. The monoisotopic (exact) mass is 354 g/mol. The van der Waals surface area contributed by atoms with Gasteiger partial charge in [-0.1, -0.05) is 38.1 Å². The van der Waals surface area contributed by atoms with Crippen LogP contribution in [0.3, 0.4) is 0 Å². The molecule has 0 aliphatic heterocycles. The van der Waals surface area contributed by atoms with E-state index in [1.807, 2.05) is 38.1 Å². The number of rotatable bonds is 6. The molecule has 0 aliphatic carbocycles. The third-order valence-electron chi connectivity index (χ3n) is 4.33. The normalized spacial score (nSPS) is 12.3. The zero-order chi connectivity index (χ0) is 18.7. The number of hydrogen-bond donors (Lipinski definition) is 1. The number of methoxy groups -OCH3 is 1. The molecule has 0 spiro atoms. The summed E-state index contributed by atoms with van der Waals surface area (Å²) in [5.41, 5.74) is 2.07. The minimum atomic E-state index is -0.535. The van der Waals surface area contributed by atoms with Gasteiger partial charge in [0.25, 0.3) is 0 Å². The van der Waals surface area contributed by atoms with Crippen LogP contribution in [-0.2, 0) is 11.3 Å². The molecule has 0 saturated heterocycles. The third-order valence-corrected chi connectivity index (χ3v) is 4.33. The topological polar surface area (TPSA) is 73.5 Å². The molecule has 0 saturated carbocycles. The summed E-state index contributed by atoms with van der Waals surface area (Å²) in [6.07, 6.45) is 0. The van der Waals surface area contributed by atoms with Crippen molar-refractivity contribution in [3.8, 4) is 5.75 Å². The minimum absolute atomic E-state index is 0.0881. The Morgan fingerprint density at radius 3 is 2.50 bits per heavy atom. The zero-order valence-electron chi connectivity index (χ0n) is 15.1. The van der Waals surface area contributed by atoms with E-state index < -0.39 is 5.76 Å². The number of nitrogens with zero attached hydrogens (tertiary/aromatic N) is 1. The molecule has 1 aromatic heterocycles.